The summed E-state index contributed by atoms with van der Waals surface area (Å²) < 4.78 is 18.9. The van der Waals surface area contributed by atoms with Gasteiger partial charge in [0.25, 0.3) is 5.91 Å². The molecule has 132 valence electrons. The summed E-state index contributed by atoms with van der Waals surface area (Å²) >= 11 is 3.22. The van der Waals surface area contributed by atoms with Crippen LogP contribution in [0.15, 0.2) is 46.9 Å². The molecule has 25 heavy (non-hydrogen) atoms. The second-order valence-electron chi connectivity index (χ2n) is 6.02. The van der Waals surface area contributed by atoms with Crippen molar-refractivity contribution in [3.8, 4) is 0 Å². The van der Waals surface area contributed by atoms with Gasteiger partial charge in [-0.1, -0.05) is 24.3 Å². The number of nitrogens with one attached hydrogen (secondary N) is 1. The molecule has 1 amide bonds. The maximum Gasteiger partial charge on any atom is 0.252 e. The van der Waals surface area contributed by atoms with E-state index in [9.17, 15) is 9.18 Å². The Morgan fingerprint density at radius 1 is 1.16 bits per heavy atom. The lowest BCUT2D eigenvalue weighted by Crippen LogP contribution is -2.35. The lowest BCUT2D eigenvalue weighted by molar-refractivity contribution is 0.0342. The minimum atomic E-state index is -0.376. The summed E-state index contributed by atoms with van der Waals surface area (Å²) in [4.78, 5) is 14.6. The van der Waals surface area contributed by atoms with Crippen molar-refractivity contribution in [2.75, 3.05) is 26.3 Å². The summed E-state index contributed by atoms with van der Waals surface area (Å²) in [5, 5.41) is 2.88. The van der Waals surface area contributed by atoms with Gasteiger partial charge < -0.3 is 10.1 Å². The Morgan fingerprint density at radius 2 is 1.92 bits per heavy atom. The molecule has 0 aromatic heterocycles. The summed E-state index contributed by atoms with van der Waals surface area (Å²) in [7, 11) is 0. The molecule has 4 nitrogen and oxygen atoms in total. The number of morpholine rings is 1. The Bertz CT molecular complexity index is 748. The number of hydrogen-bond acceptors (Lipinski definition) is 3. The van der Waals surface area contributed by atoms with Crippen LogP contribution < -0.4 is 5.32 Å². The molecule has 1 heterocycles. The van der Waals surface area contributed by atoms with Crippen LogP contribution in [-0.2, 0) is 17.8 Å². The van der Waals surface area contributed by atoms with E-state index >= 15 is 0 Å². The first-order valence-corrected chi connectivity index (χ1v) is 9.02. The topological polar surface area (TPSA) is 41.6 Å². The van der Waals surface area contributed by atoms with E-state index in [0.717, 1.165) is 38.4 Å². The molecule has 0 bridgehead atoms. The molecule has 0 saturated carbocycles. The molecule has 1 saturated heterocycles. The van der Waals surface area contributed by atoms with Crippen molar-refractivity contribution in [3.05, 3.63) is 69.4 Å². The molecule has 6 heteroatoms. The molecule has 0 radical (unpaired) electrons. The van der Waals surface area contributed by atoms with Crippen LogP contribution in [0.3, 0.4) is 0 Å². The Labute approximate surface area is 155 Å². The van der Waals surface area contributed by atoms with Crippen LogP contribution in [0.5, 0.6) is 0 Å². The third-order valence-corrected chi connectivity index (χ3v) is 4.79. The zero-order valence-corrected chi connectivity index (χ0v) is 15.4. The van der Waals surface area contributed by atoms with E-state index < -0.39 is 0 Å². The number of amides is 1. The van der Waals surface area contributed by atoms with Gasteiger partial charge in [0.1, 0.15) is 5.82 Å². The van der Waals surface area contributed by atoms with Crippen LogP contribution >= 0.6 is 15.9 Å². The summed E-state index contributed by atoms with van der Waals surface area (Å²) in [5.74, 6) is -0.607. The van der Waals surface area contributed by atoms with Gasteiger partial charge >= 0.3 is 0 Å². The van der Waals surface area contributed by atoms with E-state index in [1.165, 1.54) is 23.8 Å². The normalized spacial score (nSPS) is 15.1. The predicted molar refractivity (Wildman–Crippen MR) is 97.8 cm³/mol. The Morgan fingerprint density at radius 3 is 2.68 bits per heavy atom. The fraction of sp³-hybridized carbons (Fsp3) is 0.316. The molecule has 0 aliphatic carbocycles. The number of carbonyl (C=O) groups is 1. The molecule has 2 aromatic carbocycles. The molecule has 0 atom stereocenters. The number of carbonyl (C=O) groups excluding carboxylic acids is 1. The van der Waals surface area contributed by atoms with E-state index in [1.54, 1.807) is 0 Å². The predicted octanol–water partition coefficient (Wildman–Crippen LogP) is 3.35. The molecule has 1 aliphatic rings. The molecule has 2 aromatic rings. The van der Waals surface area contributed by atoms with Crippen molar-refractivity contribution in [1.29, 1.82) is 0 Å². The van der Waals surface area contributed by atoms with Crippen molar-refractivity contribution in [3.63, 3.8) is 0 Å². The number of hydrogen-bond donors (Lipinski definition) is 1. The maximum atomic E-state index is 13.1. The molecule has 1 N–H and O–H groups in total. The van der Waals surface area contributed by atoms with Crippen molar-refractivity contribution in [2.24, 2.45) is 0 Å². The highest BCUT2D eigenvalue weighted by Crippen LogP contribution is 2.18. The fourth-order valence-electron chi connectivity index (χ4n) is 2.81. The van der Waals surface area contributed by atoms with Crippen molar-refractivity contribution < 1.29 is 13.9 Å². The van der Waals surface area contributed by atoms with Crippen LogP contribution in [0.25, 0.3) is 0 Å². The van der Waals surface area contributed by atoms with Gasteiger partial charge in [0.15, 0.2) is 0 Å². The monoisotopic (exact) mass is 406 g/mol. The Balaban J connectivity index is 1.59. The molecule has 0 spiro atoms. The van der Waals surface area contributed by atoms with E-state index in [4.69, 9.17) is 4.74 Å². The number of halogens is 2. The number of ether oxygens (including phenoxy) is 1. The Kier molecular flexibility index (Phi) is 6.18. The highest BCUT2D eigenvalue weighted by atomic mass is 79.9. The standard InChI is InChI=1S/C19H20BrFN2O2/c20-18-11-16(21)4-5-17(18)19(24)22-12-14-2-1-3-15(10-14)13-23-6-8-25-9-7-23/h1-5,10-11H,6-9,12-13H2,(H,22,24). The third kappa shape index (κ3) is 5.11. The molecule has 3 rings (SSSR count). The Hall–Kier alpha value is -1.76. The molecule has 0 unspecified atom stereocenters. The van der Waals surface area contributed by atoms with Gasteiger partial charge in [-0.3, -0.25) is 9.69 Å². The highest BCUT2D eigenvalue weighted by molar-refractivity contribution is 9.10. The SMILES string of the molecule is O=C(NCc1cccc(CN2CCOCC2)c1)c1ccc(F)cc1Br. The quantitative estimate of drug-likeness (QED) is 0.827. The first-order chi connectivity index (χ1) is 12.1. The summed E-state index contributed by atoms with van der Waals surface area (Å²) in [6.07, 6.45) is 0. The van der Waals surface area contributed by atoms with Crippen LogP contribution in [0, 0.1) is 5.82 Å². The van der Waals surface area contributed by atoms with E-state index in [2.05, 4.69) is 38.3 Å². The van der Waals surface area contributed by atoms with Crippen LogP contribution in [0.2, 0.25) is 0 Å². The van der Waals surface area contributed by atoms with Crippen LogP contribution in [-0.4, -0.2) is 37.1 Å². The third-order valence-electron chi connectivity index (χ3n) is 4.13. The summed E-state index contributed by atoms with van der Waals surface area (Å²) in [6.45, 7) is 4.76. The van der Waals surface area contributed by atoms with Gasteiger partial charge in [-0.2, -0.15) is 0 Å². The van der Waals surface area contributed by atoms with Gasteiger partial charge in [-0.15, -0.1) is 0 Å². The number of nitrogens with zero attached hydrogens (tertiary/aromatic N) is 1. The van der Waals surface area contributed by atoms with Gasteiger partial charge in [0.05, 0.1) is 18.8 Å². The van der Waals surface area contributed by atoms with Crippen LogP contribution in [0.4, 0.5) is 4.39 Å². The average Bonchev–Trinajstić information content (AvgIpc) is 2.61. The molecular formula is C19H20BrFN2O2. The van der Waals surface area contributed by atoms with Gasteiger partial charge in [-0.25, -0.2) is 4.39 Å². The molecular weight excluding hydrogens is 387 g/mol. The van der Waals surface area contributed by atoms with Crippen molar-refractivity contribution in [1.82, 2.24) is 10.2 Å². The zero-order valence-electron chi connectivity index (χ0n) is 13.8. The maximum absolute atomic E-state index is 13.1. The molecule has 1 aliphatic heterocycles. The minimum Gasteiger partial charge on any atom is -0.379 e. The number of benzene rings is 2. The average molecular weight is 407 g/mol. The second-order valence-corrected chi connectivity index (χ2v) is 6.87. The summed E-state index contributed by atoms with van der Waals surface area (Å²) in [5.41, 5.74) is 2.68. The first kappa shape index (κ1) is 18.0. The van der Waals surface area contributed by atoms with E-state index in [0.29, 0.717) is 16.6 Å². The van der Waals surface area contributed by atoms with E-state index in [1.807, 2.05) is 12.1 Å². The van der Waals surface area contributed by atoms with Gasteiger partial charge in [0, 0.05) is 30.7 Å². The second kappa shape index (κ2) is 8.56. The fourth-order valence-corrected chi connectivity index (χ4v) is 3.34. The lowest BCUT2D eigenvalue weighted by atomic mass is 10.1. The van der Waals surface area contributed by atoms with Crippen LogP contribution in [0.1, 0.15) is 21.5 Å². The highest BCUT2D eigenvalue weighted by Gasteiger charge is 2.12. The van der Waals surface area contributed by atoms with Crippen molar-refractivity contribution >= 4 is 21.8 Å². The summed E-state index contributed by atoms with van der Waals surface area (Å²) in [6, 6.07) is 12.2. The lowest BCUT2D eigenvalue weighted by Gasteiger charge is -2.26. The first-order valence-electron chi connectivity index (χ1n) is 8.23. The van der Waals surface area contributed by atoms with Crippen molar-refractivity contribution in [2.45, 2.75) is 13.1 Å². The molecule has 1 fully saturated rings. The smallest absolute Gasteiger partial charge is 0.252 e. The van der Waals surface area contributed by atoms with Gasteiger partial charge in [-0.05, 0) is 45.3 Å². The van der Waals surface area contributed by atoms with E-state index in [-0.39, 0.29) is 11.7 Å². The number of rotatable bonds is 5. The largest absolute Gasteiger partial charge is 0.379 e. The minimum absolute atomic E-state index is 0.231. The zero-order chi connectivity index (χ0) is 17.6. The van der Waals surface area contributed by atoms with Gasteiger partial charge in [0.2, 0.25) is 0 Å².